The van der Waals surface area contributed by atoms with Gasteiger partial charge < -0.3 is 10.0 Å². The van der Waals surface area contributed by atoms with E-state index in [0.717, 1.165) is 25.2 Å². The predicted octanol–water partition coefficient (Wildman–Crippen LogP) is 3.75. The lowest BCUT2D eigenvalue weighted by Gasteiger charge is -2.29. The van der Waals surface area contributed by atoms with Gasteiger partial charge in [-0.15, -0.1) is 0 Å². The molecule has 0 spiro atoms. The van der Waals surface area contributed by atoms with Gasteiger partial charge in [-0.3, -0.25) is 0 Å². The average molecular weight is 253 g/mol. The highest BCUT2D eigenvalue weighted by atomic mass is 19.1. The zero-order valence-corrected chi connectivity index (χ0v) is 11.8. The summed E-state index contributed by atoms with van der Waals surface area (Å²) in [6.45, 7) is 9.91. The van der Waals surface area contributed by atoms with Gasteiger partial charge in [-0.05, 0) is 38.0 Å². The average Bonchev–Trinajstić information content (AvgIpc) is 2.35. The van der Waals surface area contributed by atoms with Gasteiger partial charge >= 0.3 is 0 Å². The molecular formula is C15H24FNO. The van der Waals surface area contributed by atoms with Crippen LogP contribution in [0.1, 0.15) is 45.8 Å². The van der Waals surface area contributed by atoms with Gasteiger partial charge in [0.15, 0.2) is 0 Å². The molecule has 0 bridgehead atoms. The van der Waals surface area contributed by atoms with Crippen molar-refractivity contribution in [3.8, 4) is 0 Å². The molecule has 2 atom stereocenters. The molecule has 0 aromatic heterocycles. The standard InChI is InChI=1S/C15H24FNO/c1-5-11(3)10-17(6-2)15-8-7-13(16)9-14(15)12(4)18/h7-9,11-12,18H,5-6,10H2,1-4H3. The number of hydrogen-bond donors (Lipinski definition) is 1. The highest BCUT2D eigenvalue weighted by Gasteiger charge is 2.15. The van der Waals surface area contributed by atoms with E-state index in [1.165, 1.54) is 12.1 Å². The van der Waals surface area contributed by atoms with Crippen molar-refractivity contribution in [2.24, 2.45) is 5.92 Å². The minimum absolute atomic E-state index is 0.297. The minimum Gasteiger partial charge on any atom is -0.389 e. The van der Waals surface area contributed by atoms with Crippen molar-refractivity contribution in [3.63, 3.8) is 0 Å². The first-order valence-corrected chi connectivity index (χ1v) is 6.72. The topological polar surface area (TPSA) is 23.5 Å². The normalized spacial score (nSPS) is 14.3. The molecule has 0 amide bonds. The van der Waals surface area contributed by atoms with Gasteiger partial charge in [0.2, 0.25) is 0 Å². The van der Waals surface area contributed by atoms with Crippen LogP contribution in [-0.4, -0.2) is 18.2 Å². The summed E-state index contributed by atoms with van der Waals surface area (Å²) >= 11 is 0. The first kappa shape index (κ1) is 15.0. The third-order valence-corrected chi connectivity index (χ3v) is 3.39. The first-order chi connectivity index (χ1) is 8.49. The summed E-state index contributed by atoms with van der Waals surface area (Å²) < 4.78 is 13.3. The van der Waals surface area contributed by atoms with Crippen molar-refractivity contribution >= 4 is 5.69 Å². The molecule has 3 heteroatoms. The van der Waals surface area contributed by atoms with Gasteiger partial charge in [0.1, 0.15) is 5.82 Å². The number of nitrogens with zero attached hydrogens (tertiary/aromatic N) is 1. The Labute approximate surface area is 109 Å². The van der Waals surface area contributed by atoms with Gasteiger partial charge in [0, 0.05) is 24.3 Å². The molecule has 18 heavy (non-hydrogen) atoms. The van der Waals surface area contributed by atoms with Crippen LogP contribution in [0.15, 0.2) is 18.2 Å². The number of rotatable bonds is 6. The van der Waals surface area contributed by atoms with E-state index in [-0.39, 0.29) is 5.82 Å². The number of anilines is 1. The van der Waals surface area contributed by atoms with Crippen LogP contribution in [0.4, 0.5) is 10.1 Å². The van der Waals surface area contributed by atoms with E-state index >= 15 is 0 Å². The Morgan fingerprint density at radius 2 is 1.94 bits per heavy atom. The summed E-state index contributed by atoms with van der Waals surface area (Å²) in [6, 6.07) is 4.66. The zero-order valence-electron chi connectivity index (χ0n) is 11.8. The van der Waals surface area contributed by atoms with Gasteiger partial charge in [-0.1, -0.05) is 20.3 Å². The van der Waals surface area contributed by atoms with Crippen molar-refractivity contribution in [2.45, 2.75) is 40.2 Å². The Morgan fingerprint density at radius 1 is 1.28 bits per heavy atom. The number of hydrogen-bond acceptors (Lipinski definition) is 2. The van der Waals surface area contributed by atoms with E-state index in [0.29, 0.717) is 11.5 Å². The van der Waals surface area contributed by atoms with Gasteiger partial charge in [-0.2, -0.15) is 0 Å². The van der Waals surface area contributed by atoms with Crippen LogP contribution in [0.2, 0.25) is 0 Å². The fourth-order valence-electron chi connectivity index (χ4n) is 2.05. The minimum atomic E-state index is -0.651. The molecule has 0 aliphatic carbocycles. The molecule has 0 fully saturated rings. The van der Waals surface area contributed by atoms with Crippen molar-refractivity contribution in [1.29, 1.82) is 0 Å². The second kappa shape index (κ2) is 6.74. The Hall–Kier alpha value is -1.09. The molecule has 0 heterocycles. The number of aliphatic hydroxyl groups is 1. The fraction of sp³-hybridized carbons (Fsp3) is 0.600. The molecule has 0 radical (unpaired) electrons. The Morgan fingerprint density at radius 3 is 2.44 bits per heavy atom. The smallest absolute Gasteiger partial charge is 0.123 e. The molecule has 1 N–H and O–H groups in total. The van der Waals surface area contributed by atoms with Crippen molar-refractivity contribution < 1.29 is 9.50 Å². The molecule has 2 unspecified atom stereocenters. The molecule has 2 nitrogen and oxygen atoms in total. The lowest BCUT2D eigenvalue weighted by molar-refractivity contribution is 0.199. The number of halogens is 1. The maximum absolute atomic E-state index is 13.3. The van der Waals surface area contributed by atoms with E-state index in [1.54, 1.807) is 13.0 Å². The van der Waals surface area contributed by atoms with E-state index < -0.39 is 6.10 Å². The molecule has 1 rings (SSSR count). The summed E-state index contributed by atoms with van der Waals surface area (Å²) in [7, 11) is 0. The van der Waals surface area contributed by atoms with Crippen LogP contribution < -0.4 is 4.90 Å². The van der Waals surface area contributed by atoms with Crippen molar-refractivity contribution in [2.75, 3.05) is 18.0 Å². The van der Waals surface area contributed by atoms with Crippen molar-refractivity contribution in [1.82, 2.24) is 0 Å². The van der Waals surface area contributed by atoms with Crippen LogP contribution in [0.25, 0.3) is 0 Å². The zero-order chi connectivity index (χ0) is 13.7. The second-order valence-corrected chi connectivity index (χ2v) is 4.93. The number of aliphatic hydroxyl groups excluding tert-OH is 1. The lowest BCUT2D eigenvalue weighted by Crippen LogP contribution is -2.29. The molecule has 0 saturated heterocycles. The molecule has 0 aliphatic heterocycles. The molecule has 0 saturated carbocycles. The largest absolute Gasteiger partial charge is 0.389 e. The quantitative estimate of drug-likeness (QED) is 0.834. The number of benzene rings is 1. The Balaban J connectivity index is 3.04. The van der Waals surface area contributed by atoms with Crippen LogP contribution >= 0.6 is 0 Å². The highest BCUT2D eigenvalue weighted by molar-refractivity contribution is 5.54. The maximum Gasteiger partial charge on any atom is 0.123 e. The van der Waals surface area contributed by atoms with Gasteiger partial charge in [0.05, 0.1) is 6.10 Å². The summed E-state index contributed by atoms with van der Waals surface area (Å²) in [4.78, 5) is 2.20. The second-order valence-electron chi connectivity index (χ2n) is 4.93. The molecule has 102 valence electrons. The van der Waals surface area contributed by atoms with Gasteiger partial charge in [0.25, 0.3) is 0 Å². The summed E-state index contributed by atoms with van der Waals surface area (Å²) in [5, 5.41) is 9.77. The molecule has 1 aromatic carbocycles. The van der Waals surface area contributed by atoms with Gasteiger partial charge in [-0.25, -0.2) is 4.39 Å². The van der Waals surface area contributed by atoms with Crippen LogP contribution in [0.5, 0.6) is 0 Å². The third kappa shape index (κ3) is 3.70. The highest BCUT2D eigenvalue weighted by Crippen LogP contribution is 2.28. The lowest BCUT2D eigenvalue weighted by atomic mass is 10.0. The van der Waals surface area contributed by atoms with E-state index in [9.17, 15) is 9.50 Å². The fourth-order valence-corrected chi connectivity index (χ4v) is 2.05. The van der Waals surface area contributed by atoms with Crippen LogP contribution in [-0.2, 0) is 0 Å². The van der Waals surface area contributed by atoms with Crippen LogP contribution in [0, 0.1) is 11.7 Å². The van der Waals surface area contributed by atoms with E-state index in [1.807, 2.05) is 0 Å². The summed E-state index contributed by atoms with van der Waals surface area (Å²) in [5.41, 5.74) is 1.61. The Kier molecular flexibility index (Phi) is 5.60. The third-order valence-electron chi connectivity index (χ3n) is 3.39. The van der Waals surface area contributed by atoms with E-state index in [2.05, 4.69) is 25.7 Å². The first-order valence-electron chi connectivity index (χ1n) is 6.72. The van der Waals surface area contributed by atoms with Crippen molar-refractivity contribution in [3.05, 3.63) is 29.6 Å². The monoisotopic (exact) mass is 253 g/mol. The predicted molar refractivity (Wildman–Crippen MR) is 74.4 cm³/mol. The Bertz CT molecular complexity index is 379. The van der Waals surface area contributed by atoms with E-state index in [4.69, 9.17) is 0 Å². The molecular weight excluding hydrogens is 229 g/mol. The molecule has 1 aromatic rings. The van der Waals surface area contributed by atoms with Crippen LogP contribution in [0.3, 0.4) is 0 Å². The molecule has 0 aliphatic rings. The summed E-state index contributed by atoms with van der Waals surface area (Å²) in [6.07, 6.45) is 0.462. The SMILES string of the molecule is CCC(C)CN(CC)c1ccc(F)cc1C(C)O. The maximum atomic E-state index is 13.3. The summed E-state index contributed by atoms with van der Waals surface area (Å²) in [5.74, 6) is 0.283.